The molecule has 2 rings (SSSR count). The predicted octanol–water partition coefficient (Wildman–Crippen LogP) is 2.77. The van der Waals surface area contributed by atoms with Gasteiger partial charge in [-0.05, 0) is 18.4 Å². The van der Waals surface area contributed by atoms with Crippen LogP contribution in [0.15, 0.2) is 23.6 Å². The van der Waals surface area contributed by atoms with E-state index < -0.39 is 11.6 Å². The van der Waals surface area contributed by atoms with Crippen LogP contribution in [0.1, 0.15) is 11.8 Å². The highest BCUT2D eigenvalue weighted by molar-refractivity contribution is 7.09. The van der Waals surface area contributed by atoms with Gasteiger partial charge in [-0.25, -0.2) is 19.6 Å². The lowest BCUT2D eigenvalue weighted by Crippen LogP contribution is -2.32. The number of nitrogens with two attached hydrogens (primary N) is 1. The third-order valence-corrected chi connectivity index (χ3v) is 4.02. The molecule has 2 heterocycles. The minimum absolute atomic E-state index is 0.0201. The number of likely N-dealkylation sites (N-methyl/N-ethyl adjacent to an activating group) is 1. The molecule has 0 bridgehead atoms. The summed E-state index contributed by atoms with van der Waals surface area (Å²) in [6.45, 7) is 1.96. The molecule has 2 aromatic heterocycles. The highest BCUT2D eigenvalue weighted by Crippen LogP contribution is 2.24. The predicted molar refractivity (Wildman–Crippen MR) is 77.9 cm³/mol. The Balaban J connectivity index is 2.21. The van der Waals surface area contributed by atoms with Crippen molar-refractivity contribution in [3.8, 4) is 0 Å². The van der Waals surface area contributed by atoms with Gasteiger partial charge >= 0.3 is 0 Å². The number of nitrogen functional groups attached to an aromatic ring is 1. The maximum atomic E-state index is 13.8. The molecule has 0 aliphatic carbocycles. The van der Waals surface area contributed by atoms with Gasteiger partial charge in [0.1, 0.15) is 0 Å². The van der Waals surface area contributed by atoms with Crippen molar-refractivity contribution in [3.63, 3.8) is 0 Å². The Morgan fingerprint density at radius 1 is 1.45 bits per heavy atom. The molecular weight excluding hydrogens is 282 g/mol. The maximum absolute atomic E-state index is 13.8. The van der Waals surface area contributed by atoms with E-state index in [1.165, 1.54) is 4.88 Å². The molecule has 0 spiro atoms. The first kappa shape index (κ1) is 14.7. The van der Waals surface area contributed by atoms with E-state index in [1.807, 2.05) is 24.4 Å². The normalized spacial score (nSPS) is 12.2. The van der Waals surface area contributed by atoms with Crippen LogP contribution in [0.3, 0.4) is 0 Å². The molecule has 20 heavy (non-hydrogen) atoms. The number of hydrogen-bond donors (Lipinski definition) is 2. The Morgan fingerprint density at radius 3 is 2.80 bits per heavy atom. The lowest BCUT2D eigenvalue weighted by Gasteiger charge is -2.26. The van der Waals surface area contributed by atoms with E-state index in [2.05, 4.69) is 10.4 Å². The van der Waals surface area contributed by atoms with E-state index in [9.17, 15) is 8.78 Å². The second kappa shape index (κ2) is 6.15. The first-order valence-electron chi connectivity index (χ1n) is 6.10. The lowest BCUT2D eigenvalue weighted by atomic mass is 10.2. The summed E-state index contributed by atoms with van der Waals surface area (Å²) < 4.78 is 27.2. The number of hydrogen-bond acceptors (Lipinski definition) is 5. The van der Waals surface area contributed by atoms with E-state index >= 15 is 0 Å². The molecule has 3 N–H and O–H groups in total. The second-order valence-electron chi connectivity index (χ2n) is 4.51. The number of anilines is 2. The molecule has 1 atom stereocenters. The molecule has 0 aromatic carbocycles. The molecule has 0 aliphatic heterocycles. The largest absolute Gasteiger partial charge is 0.354 e. The third-order valence-electron chi connectivity index (χ3n) is 3.12. The lowest BCUT2D eigenvalue weighted by molar-refractivity contribution is 0.563. The number of nitrogens with zero attached hydrogens (tertiary/aromatic N) is 2. The van der Waals surface area contributed by atoms with Gasteiger partial charge in [-0.3, -0.25) is 0 Å². The molecule has 0 radical (unpaired) electrons. The summed E-state index contributed by atoms with van der Waals surface area (Å²) in [5.74, 6) is 3.55. The van der Waals surface area contributed by atoms with Gasteiger partial charge in [0, 0.05) is 30.5 Å². The number of hydrazine groups is 1. The number of thiophene rings is 1. The summed E-state index contributed by atoms with van der Waals surface area (Å²) in [5, 5.41) is 2.00. The van der Waals surface area contributed by atoms with Crippen LogP contribution in [-0.2, 0) is 6.42 Å². The molecule has 2 aromatic rings. The van der Waals surface area contributed by atoms with Crippen LogP contribution >= 0.6 is 11.3 Å². The Bertz CT molecular complexity index is 574. The summed E-state index contributed by atoms with van der Waals surface area (Å²) in [6.07, 6.45) is 0.762. The standard InChI is InChI=1S/C13H16F2N4S/c1-8(6-9-4-3-5-20-9)19(2)13-11(15)7-10(14)12(17-13)18-16/h3-5,7-8H,6,16H2,1-2H3,(H,17,18). The van der Waals surface area contributed by atoms with Crippen molar-refractivity contribution in [2.24, 2.45) is 5.84 Å². The summed E-state index contributed by atoms with van der Waals surface area (Å²) in [4.78, 5) is 6.76. The minimum atomic E-state index is -0.812. The summed E-state index contributed by atoms with van der Waals surface area (Å²) in [5.41, 5.74) is 2.12. The van der Waals surface area contributed by atoms with Crippen LogP contribution in [0.5, 0.6) is 0 Å². The molecule has 0 saturated heterocycles. The topological polar surface area (TPSA) is 54.2 Å². The van der Waals surface area contributed by atoms with Crippen LogP contribution in [0, 0.1) is 11.6 Å². The van der Waals surface area contributed by atoms with E-state index in [1.54, 1.807) is 23.3 Å². The summed E-state index contributed by atoms with van der Waals surface area (Å²) in [7, 11) is 1.72. The van der Waals surface area contributed by atoms with Gasteiger partial charge < -0.3 is 10.3 Å². The van der Waals surface area contributed by atoms with Crippen molar-refractivity contribution in [1.29, 1.82) is 0 Å². The van der Waals surface area contributed by atoms with Crippen molar-refractivity contribution < 1.29 is 8.78 Å². The fraction of sp³-hybridized carbons (Fsp3) is 0.308. The SMILES string of the molecule is CC(Cc1cccs1)N(C)c1nc(NN)c(F)cc1F. The van der Waals surface area contributed by atoms with Crippen LogP contribution in [0.4, 0.5) is 20.4 Å². The molecular formula is C13H16F2N4S. The van der Waals surface area contributed by atoms with Gasteiger partial charge in [0.25, 0.3) is 0 Å². The van der Waals surface area contributed by atoms with Crippen LogP contribution in [-0.4, -0.2) is 18.1 Å². The molecule has 1 unspecified atom stereocenters. The number of aromatic nitrogens is 1. The minimum Gasteiger partial charge on any atom is -0.354 e. The van der Waals surface area contributed by atoms with Gasteiger partial charge in [-0.2, -0.15) is 0 Å². The van der Waals surface area contributed by atoms with E-state index in [-0.39, 0.29) is 17.7 Å². The highest BCUT2D eigenvalue weighted by Gasteiger charge is 2.19. The molecule has 108 valence electrons. The fourth-order valence-corrected chi connectivity index (χ4v) is 2.70. The second-order valence-corrected chi connectivity index (χ2v) is 5.54. The Hall–Kier alpha value is -1.73. The van der Waals surface area contributed by atoms with Crippen molar-refractivity contribution >= 4 is 23.0 Å². The van der Waals surface area contributed by atoms with E-state index in [0.29, 0.717) is 0 Å². The molecule has 0 saturated carbocycles. The number of nitrogens with one attached hydrogen (secondary N) is 1. The maximum Gasteiger partial charge on any atom is 0.178 e. The van der Waals surface area contributed by atoms with E-state index in [4.69, 9.17) is 5.84 Å². The Morgan fingerprint density at radius 2 is 2.20 bits per heavy atom. The molecule has 0 amide bonds. The average Bonchev–Trinajstić information content (AvgIpc) is 2.91. The van der Waals surface area contributed by atoms with Gasteiger partial charge in [0.05, 0.1) is 0 Å². The van der Waals surface area contributed by atoms with E-state index in [0.717, 1.165) is 12.5 Å². The monoisotopic (exact) mass is 298 g/mol. The number of pyridine rings is 1. The van der Waals surface area contributed by atoms with Crippen LogP contribution in [0.2, 0.25) is 0 Å². The zero-order valence-corrected chi connectivity index (χ0v) is 12.0. The Kier molecular flexibility index (Phi) is 4.51. The quantitative estimate of drug-likeness (QED) is 0.658. The first-order valence-corrected chi connectivity index (χ1v) is 6.98. The van der Waals surface area contributed by atoms with Crippen LogP contribution in [0.25, 0.3) is 0 Å². The van der Waals surface area contributed by atoms with Crippen LogP contribution < -0.4 is 16.2 Å². The molecule has 7 heteroatoms. The zero-order valence-electron chi connectivity index (χ0n) is 11.2. The van der Waals surface area contributed by atoms with Crippen molar-refractivity contribution in [2.45, 2.75) is 19.4 Å². The first-order chi connectivity index (χ1) is 9.52. The summed E-state index contributed by atoms with van der Waals surface area (Å²) >= 11 is 1.64. The average molecular weight is 298 g/mol. The van der Waals surface area contributed by atoms with Gasteiger partial charge in [0.15, 0.2) is 23.3 Å². The molecule has 0 fully saturated rings. The molecule has 0 aliphatic rings. The van der Waals surface area contributed by atoms with Crippen molar-refractivity contribution in [3.05, 3.63) is 40.1 Å². The van der Waals surface area contributed by atoms with Crippen molar-refractivity contribution in [2.75, 3.05) is 17.4 Å². The smallest absolute Gasteiger partial charge is 0.178 e. The van der Waals surface area contributed by atoms with Gasteiger partial charge in [0.2, 0.25) is 0 Å². The summed E-state index contributed by atoms with van der Waals surface area (Å²) in [6, 6.07) is 4.80. The number of halogens is 2. The molecule has 4 nitrogen and oxygen atoms in total. The number of rotatable bonds is 5. The Labute approximate surface area is 120 Å². The van der Waals surface area contributed by atoms with Crippen molar-refractivity contribution in [1.82, 2.24) is 4.98 Å². The fourth-order valence-electron chi connectivity index (χ4n) is 1.87. The third kappa shape index (κ3) is 3.05. The highest BCUT2D eigenvalue weighted by atomic mass is 32.1. The zero-order chi connectivity index (χ0) is 14.7. The van der Waals surface area contributed by atoms with Gasteiger partial charge in [-0.1, -0.05) is 6.07 Å². The van der Waals surface area contributed by atoms with Gasteiger partial charge in [-0.15, -0.1) is 11.3 Å².